The van der Waals surface area contributed by atoms with Crippen LogP contribution in [-0.2, 0) is 4.79 Å². The molecule has 1 N–H and O–H groups in total. The fourth-order valence-electron chi connectivity index (χ4n) is 1.09. The molecule has 1 aromatic carbocycles. The Hall–Kier alpha value is -1.57. The summed E-state index contributed by atoms with van der Waals surface area (Å²) in [6.45, 7) is 3.68. The number of carbonyl (C=O) groups excluding carboxylic acids is 1. The molecule has 0 radical (unpaired) electrons. The van der Waals surface area contributed by atoms with Crippen LogP contribution in [0.4, 0.5) is 5.69 Å². The normalized spacial score (nSPS) is 11.1. The summed E-state index contributed by atoms with van der Waals surface area (Å²) in [4.78, 5) is 11.2. The molecule has 0 spiro atoms. The van der Waals surface area contributed by atoms with Crippen LogP contribution in [0.2, 0.25) is 0 Å². The molecular formula is C12H15NO. The van der Waals surface area contributed by atoms with E-state index in [9.17, 15) is 4.79 Å². The van der Waals surface area contributed by atoms with Crippen LogP contribution in [0.25, 0.3) is 0 Å². The van der Waals surface area contributed by atoms with Crippen LogP contribution in [0.3, 0.4) is 0 Å². The van der Waals surface area contributed by atoms with Gasteiger partial charge in [-0.25, -0.2) is 0 Å². The standard InChI is InChI=1S/C12H15NO/c1-3-12(14)10(2)9-13-11-7-5-4-6-8-11/h4-9,13H,3H2,1-2H3/b10-9-. The zero-order valence-electron chi connectivity index (χ0n) is 8.58. The van der Waals surface area contributed by atoms with E-state index < -0.39 is 0 Å². The van der Waals surface area contributed by atoms with Crippen LogP contribution in [-0.4, -0.2) is 5.78 Å². The largest absolute Gasteiger partial charge is 0.361 e. The van der Waals surface area contributed by atoms with Crippen molar-refractivity contribution in [2.75, 3.05) is 5.32 Å². The van der Waals surface area contributed by atoms with Crippen LogP contribution in [0, 0.1) is 0 Å². The molecule has 74 valence electrons. The van der Waals surface area contributed by atoms with Gasteiger partial charge in [0.1, 0.15) is 0 Å². The molecule has 0 aliphatic carbocycles. The van der Waals surface area contributed by atoms with E-state index in [2.05, 4.69) is 5.32 Å². The second-order valence-electron chi connectivity index (χ2n) is 3.11. The molecule has 0 bridgehead atoms. The predicted octanol–water partition coefficient (Wildman–Crippen LogP) is 2.98. The Morgan fingerprint density at radius 3 is 2.57 bits per heavy atom. The topological polar surface area (TPSA) is 29.1 Å². The zero-order chi connectivity index (χ0) is 10.4. The van der Waals surface area contributed by atoms with Crippen molar-refractivity contribution in [1.29, 1.82) is 0 Å². The van der Waals surface area contributed by atoms with Crippen LogP contribution >= 0.6 is 0 Å². The molecule has 0 aliphatic rings. The van der Waals surface area contributed by atoms with Gasteiger partial charge in [0.2, 0.25) is 0 Å². The molecule has 0 unspecified atom stereocenters. The second kappa shape index (κ2) is 5.22. The fourth-order valence-corrected chi connectivity index (χ4v) is 1.09. The Bertz CT molecular complexity index is 327. The minimum Gasteiger partial charge on any atom is -0.361 e. The Morgan fingerprint density at radius 1 is 1.36 bits per heavy atom. The lowest BCUT2D eigenvalue weighted by molar-refractivity contribution is -0.115. The summed E-state index contributed by atoms with van der Waals surface area (Å²) in [5.41, 5.74) is 1.76. The minimum absolute atomic E-state index is 0.174. The number of nitrogens with one attached hydrogen (secondary N) is 1. The van der Waals surface area contributed by atoms with E-state index in [0.29, 0.717) is 6.42 Å². The first-order chi connectivity index (χ1) is 6.74. The van der Waals surface area contributed by atoms with Gasteiger partial charge in [0.15, 0.2) is 5.78 Å². The molecule has 0 fully saturated rings. The second-order valence-corrected chi connectivity index (χ2v) is 3.11. The number of hydrogen-bond donors (Lipinski definition) is 1. The number of anilines is 1. The number of carbonyl (C=O) groups is 1. The molecule has 0 atom stereocenters. The van der Waals surface area contributed by atoms with Crippen molar-refractivity contribution in [2.45, 2.75) is 20.3 Å². The van der Waals surface area contributed by atoms with Gasteiger partial charge in [0, 0.05) is 23.9 Å². The molecule has 0 amide bonds. The first-order valence-corrected chi connectivity index (χ1v) is 4.75. The number of ketones is 1. The zero-order valence-corrected chi connectivity index (χ0v) is 8.58. The summed E-state index contributed by atoms with van der Waals surface area (Å²) in [6.07, 6.45) is 2.31. The van der Waals surface area contributed by atoms with Gasteiger partial charge < -0.3 is 5.32 Å². The fraction of sp³-hybridized carbons (Fsp3) is 0.250. The third kappa shape index (κ3) is 3.05. The molecule has 0 saturated heterocycles. The van der Waals surface area contributed by atoms with Gasteiger partial charge in [-0.15, -0.1) is 0 Å². The van der Waals surface area contributed by atoms with Crippen molar-refractivity contribution in [1.82, 2.24) is 0 Å². The average molecular weight is 189 g/mol. The van der Waals surface area contributed by atoms with E-state index in [1.807, 2.05) is 44.2 Å². The third-order valence-electron chi connectivity index (χ3n) is 1.99. The van der Waals surface area contributed by atoms with E-state index in [4.69, 9.17) is 0 Å². The Balaban J connectivity index is 2.59. The Kier molecular flexibility index (Phi) is 3.92. The maximum absolute atomic E-state index is 11.2. The Morgan fingerprint density at radius 2 is 2.00 bits per heavy atom. The lowest BCUT2D eigenvalue weighted by Crippen LogP contribution is -1.99. The van der Waals surface area contributed by atoms with Crippen molar-refractivity contribution in [3.63, 3.8) is 0 Å². The number of rotatable bonds is 4. The molecule has 0 saturated carbocycles. The van der Waals surface area contributed by atoms with Crippen molar-refractivity contribution >= 4 is 11.5 Å². The highest BCUT2D eigenvalue weighted by molar-refractivity contribution is 5.94. The van der Waals surface area contributed by atoms with Gasteiger partial charge in [-0.05, 0) is 19.1 Å². The van der Waals surface area contributed by atoms with Gasteiger partial charge in [-0.1, -0.05) is 25.1 Å². The quantitative estimate of drug-likeness (QED) is 0.738. The summed E-state index contributed by atoms with van der Waals surface area (Å²) >= 11 is 0. The predicted molar refractivity (Wildman–Crippen MR) is 59.1 cm³/mol. The molecule has 0 aliphatic heterocycles. The molecule has 14 heavy (non-hydrogen) atoms. The summed E-state index contributed by atoms with van der Waals surface area (Å²) in [5, 5.41) is 3.08. The van der Waals surface area contributed by atoms with Gasteiger partial charge in [0.05, 0.1) is 0 Å². The highest BCUT2D eigenvalue weighted by atomic mass is 16.1. The molecule has 2 heteroatoms. The lowest BCUT2D eigenvalue weighted by atomic mass is 10.2. The van der Waals surface area contributed by atoms with Gasteiger partial charge >= 0.3 is 0 Å². The SMILES string of the molecule is CCC(=O)/C(C)=C\Nc1ccccc1. The van der Waals surface area contributed by atoms with Gasteiger partial charge in [0.25, 0.3) is 0 Å². The van der Waals surface area contributed by atoms with E-state index in [-0.39, 0.29) is 5.78 Å². The molecular weight excluding hydrogens is 174 g/mol. The summed E-state index contributed by atoms with van der Waals surface area (Å²) in [6, 6.07) is 9.78. The number of allylic oxidation sites excluding steroid dienone is 1. The first-order valence-electron chi connectivity index (χ1n) is 4.75. The van der Waals surface area contributed by atoms with Crippen LogP contribution in [0.1, 0.15) is 20.3 Å². The Labute approximate surface area is 84.6 Å². The highest BCUT2D eigenvalue weighted by Gasteiger charge is 1.99. The van der Waals surface area contributed by atoms with Crippen molar-refractivity contribution < 1.29 is 4.79 Å². The number of Topliss-reactive ketones (excluding diaryl/α,β-unsaturated/α-hetero) is 1. The maximum Gasteiger partial charge on any atom is 0.159 e. The van der Waals surface area contributed by atoms with E-state index in [1.165, 1.54) is 0 Å². The molecule has 1 rings (SSSR count). The number of hydrogen-bond acceptors (Lipinski definition) is 2. The van der Waals surface area contributed by atoms with Gasteiger partial charge in [-0.3, -0.25) is 4.79 Å². The van der Waals surface area contributed by atoms with E-state index in [0.717, 1.165) is 11.3 Å². The van der Waals surface area contributed by atoms with E-state index >= 15 is 0 Å². The van der Waals surface area contributed by atoms with Crippen LogP contribution < -0.4 is 5.32 Å². The third-order valence-corrected chi connectivity index (χ3v) is 1.99. The summed E-state index contributed by atoms with van der Waals surface area (Å²) in [5.74, 6) is 0.174. The van der Waals surface area contributed by atoms with Crippen molar-refractivity contribution in [3.8, 4) is 0 Å². The highest BCUT2D eigenvalue weighted by Crippen LogP contribution is 2.06. The minimum atomic E-state index is 0.174. The van der Waals surface area contributed by atoms with E-state index in [1.54, 1.807) is 6.20 Å². The maximum atomic E-state index is 11.2. The monoisotopic (exact) mass is 189 g/mol. The number of para-hydroxylation sites is 1. The first kappa shape index (κ1) is 10.5. The van der Waals surface area contributed by atoms with Crippen LogP contribution in [0.15, 0.2) is 42.1 Å². The van der Waals surface area contributed by atoms with Crippen molar-refractivity contribution in [2.24, 2.45) is 0 Å². The number of benzene rings is 1. The smallest absolute Gasteiger partial charge is 0.159 e. The van der Waals surface area contributed by atoms with Gasteiger partial charge in [-0.2, -0.15) is 0 Å². The lowest BCUT2D eigenvalue weighted by Gasteiger charge is -2.01. The summed E-state index contributed by atoms with van der Waals surface area (Å²) < 4.78 is 0. The summed E-state index contributed by atoms with van der Waals surface area (Å²) in [7, 11) is 0. The average Bonchev–Trinajstić information content (AvgIpc) is 2.26. The molecule has 1 aromatic rings. The molecule has 2 nitrogen and oxygen atoms in total. The molecule has 0 aromatic heterocycles. The van der Waals surface area contributed by atoms with Crippen molar-refractivity contribution in [3.05, 3.63) is 42.1 Å². The molecule has 0 heterocycles. The van der Waals surface area contributed by atoms with Crippen LogP contribution in [0.5, 0.6) is 0 Å².